The summed E-state index contributed by atoms with van der Waals surface area (Å²) in [5.74, 6) is 0.627. The number of methoxy groups -OCH3 is 2. The smallest absolute Gasteiger partial charge is 0.325 e. The van der Waals surface area contributed by atoms with E-state index >= 15 is 0 Å². The van der Waals surface area contributed by atoms with Gasteiger partial charge in [0.05, 0.1) is 32.4 Å². The number of ether oxygens (including phenoxy) is 3. The van der Waals surface area contributed by atoms with Crippen molar-refractivity contribution < 1.29 is 28.6 Å². The van der Waals surface area contributed by atoms with Crippen LogP contribution in [0.25, 0.3) is 0 Å². The van der Waals surface area contributed by atoms with Gasteiger partial charge in [-0.05, 0) is 50.2 Å². The van der Waals surface area contributed by atoms with Gasteiger partial charge in [0.15, 0.2) is 11.5 Å². The van der Waals surface area contributed by atoms with Gasteiger partial charge in [-0.15, -0.1) is 0 Å². The Hall–Kier alpha value is -2.81. The van der Waals surface area contributed by atoms with Crippen LogP contribution < -0.4 is 14.8 Å². The topological polar surface area (TPSA) is 97.4 Å². The van der Waals surface area contributed by atoms with E-state index in [1.807, 2.05) is 6.92 Å². The molecule has 9 nitrogen and oxygen atoms in total. The molecule has 0 aliphatic carbocycles. The minimum absolute atomic E-state index is 0.0327. The van der Waals surface area contributed by atoms with Gasteiger partial charge in [-0.1, -0.05) is 19.4 Å². The molecule has 186 valence electrons. The second-order valence-electron chi connectivity index (χ2n) is 9.31. The summed E-state index contributed by atoms with van der Waals surface area (Å²) < 4.78 is 16.4. The maximum atomic E-state index is 13.6. The van der Waals surface area contributed by atoms with Gasteiger partial charge in [-0.3, -0.25) is 14.5 Å². The van der Waals surface area contributed by atoms with Gasteiger partial charge in [0.2, 0.25) is 0 Å². The van der Waals surface area contributed by atoms with Crippen molar-refractivity contribution in [3.63, 3.8) is 0 Å². The molecule has 3 saturated heterocycles. The van der Waals surface area contributed by atoms with Crippen LogP contribution >= 0.6 is 0 Å². The van der Waals surface area contributed by atoms with Gasteiger partial charge in [-0.2, -0.15) is 0 Å². The number of amides is 4. The summed E-state index contributed by atoms with van der Waals surface area (Å²) in [6.45, 7) is 4.02. The summed E-state index contributed by atoms with van der Waals surface area (Å²) in [5.41, 5.74) is -0.454. The standard InChI is InChI=1S/C25H35N3O6/c1-4-12-25(23(30)28(24(31)26-25)16-18-7-6-15-34-18)17-10-13-27(14-11-17)22(29)19-8-5-9-20(32-2)21(19)33-3/h5,8-9,17-18H,4,6-7,10-16H2,1-3H3,(H,26,31)/t18-,25-/m1/s1. The lowest BCUT2D eigenvalue weighted by Gasteiger charge is -2.41. The van der Waals surface area contributed by atoms with Gasteiger partial charge in [0.1, 0.15) is 5.54 Å². The predicted molar refractivity (Wildman–Crippen MR) is 125 cm³/mol. The highest BCUT2D eigenvalue weighted by Gasteiger charge is 2.55. The molecule has 1 aromatic rings. The zero-order valence-electron chi connectivity index (χ0n) is 20.3. The molecular formula is C25H35N3O6. The van der Waals surface area contributed by atoms with Crippen molar-refractivity contribution in [1.29, 1.82) is 0 Å². The first kappa shape index (κ1) is 24.3. The summed E-state index contributed by atoms with van der Waals surface area (Å²) >= 11 is 0. The Morgan fingerprint density at radius 3 is 2.56 bits per heavy atom. The van der Waals surface area contributed by atoms with E-state index in [0.717, 1.165) is 19.3 Å². The first-order valence-electron chi connectivity index (χ1n) is 12.2. The summed E-state index contributed by atoms with van der Waals surface area (Å²) in [6, 6.07) is 4.94. The molecule has 3 fully saturated rings. The summed E-state index contributed by atoms with van der Waals surface area (Å²) in [4.78, 5) is 42.8. The molecule has 0 bridgehead atoms. The van der Waals surface area contributed by atoms with Crippen molar-refractivity contribution in [2.45, 2.75) is 57.1 Å². The molecule has 0 spiro atoms. The number of para-hydroxylation sites is 1. The van der Waals surface area contributed by atoms with Crippen LogP contribution in [0, 0.1) is 5.92 Å². The number of imide groups is 1. The van der Waals surface area contributed by atoms with Crippen LogP contribution in [0.3, 0.4) is 0 Å². The lowest BCUT2D eigenvalue weighted by Crippen LogP contribution is -2.56. The van der Waals surface area contributed by atoms with Crippen LogP contribution in [0.2, 0.25) is 0 Å². The normalized spacial score (nSPS) is 25.6. The lowest BCUT2D eigenvalue weighted by atomic mass is 9.74. The molecule has 4 rings (SSSR count). The number of benzene rings is 1. The highest BCUT2D eigenvalue weighted by atomic mass is 16.5. The number of carbonyl (C=O) groups is 3. The van der Waals surface area contributed by atoms with Gasteiger partial charge in [0.25, 0.3) is 11.8 Å². The average Bonchev–Trinajstić information content (AvgIpc) is 3.46. The third-order valence-electron chi connectivity index (χ3n) is 7.37. The molecule has 3 heterocycles. The van der Waals surface area contributed by atoms with Gasteiger partial charge in [0, 0.05) is 19.7 Å². The quantitative estimate of drug-likeness (QED) is 0.583. The van der Waals surface area contributed by atoms with E-state index in [1.54, 1.807) is 30.2 Å². The number of nitrogens with zero attached hydrogens (tertiary/aromatic N) is 2. The fourth-order valence-corrected chi connectivity index (χ4v) is 5.65. The maximum absolute atomic E-state index is 13.6. The fourth-order valence-electron chi connectivity index (χ4n) is 5.65. The van der Waals surface area contributed by atoms with E-state index in [2.05, 4.69) is 5.32 Å². The molecule has 0 aromatic heterocycles. The van der Waals surface area contributed by atoms with Gasteiger partial charge in [-0.25, -0.2) is 4.79 Å². The molecule has 4 amide bonds. The molecule has 3 aliphatic rings. The maximum Gasteiger partial charge on any atom is 0.325 e. The third kappa shape index (κ3) is 4.33. The Labute approximate surface area is 200 Å². The molecule has 1 N–H and O–H groups in total. The molecule has 2 atom stereocenters. The Kier molecular flexibility index (Phi) is 7.30. The first-order chi connectivity index (χ1) is 16.4. The number of piperidine rings is 1. The largest absolute Gasteiger partial charge is 0.493 e. The molecule has 34 heavy (non-hydrogen) atoms. The molecule has 0 saturated carbocycles. The highest BCUT2D eigenvalue weighted by molar-refractivity contribution is 6.07. The Morgan fingerprint density at radius 2 is 1.94 bits per heavy atom. The van der Waals surface area contributed by atoms with E-state index in [0.29, 0.717) is 62.6 Å². The van der Waals surface area contributed by atoms with E-state index in [1.165, 1.54) is 12.0 Å². The average molecular weight is 474 g/mol. The van der Waals surface area contributed by atoms with E-state index < -0.39 is 5.54 Å². The number of nitrogens with one attached hydrogen (secondary N) is 1. The molecular weight excluding hydrogens is 438 g/mol. The van der Waals surface area contributed by atoms with E-state index in [4.69, 9.17) is 14.2 Å². The molecule has 0 radical (unpaired) electrons. The van der Waals surface area contributed by atoms with Crippen molar-refractivity contribution in [3.8, 4) is 11.5 Å². The second-order valence-corrected chi connectivity index (χ2v) is 9.31. The summed E-state index contributed by atoms with van der Waals surface area (Å²) in [5, 5.41) is 3.06. The predicted octanol–water partition coefficient (Wildman–Crippen LogP) is 2.83. The summed E-state index contributed by atoms with van der Waals surface area (Å²) in [7, 11) is 3.06. The lowest BCUT2D eigenvalue weighted by molar-refractivity contribution is -0.135. The molecule has 1 aromatic carbocycles. The fraction of sp³-hybridized carbons (Fsp3) is 0.640. The van der Waals surface area contributed by atoms with Gasteiger partial charge < -0.3 is 24.4 Å². The van der Waals surface area contributed by atoms with Crippen molar-refractivity contribution in [1.82, 2.24) is 15.1 Å². The van der Waals surface area contributed by atoms with Crippen molar-refractivity contribution in [3.05, 3.63) is 23.8 Å². The molecule has 3 aliphatic heterocycles. The summed E-state index contributed by atoms with van der Waals surface area (Å²) in [6.07, 6.45) is 4.38. The zero-order chi connectivity index (χ0) is 24.3. The van der Waals surface area contributed by atoms with Crippen molar-refractivity contribution in [2.75, 3.05) is 40.5 Å². The highest BCUT2D eigenvalue weighted by Crippen LogP contribution is 2.38. The van der Waals surface area contributed by atoms with Crippen LogP contribution in [0.5, 0.6) is 11.5 Å². The SMILES string of the molecule is CCC[C@]1(C2CCN(C(=O)c3cccc(OC)c3OC)CC2)NC(=O)N(C[C@H]2CCCO2)C1=O. The molecule has 9 heteroatoms. The second kappa shape index (κ2) is 10.2. The van der Waals surface area contributed by atoms with Crippen LogP contribution in [0.1, 0.15) is 55.8 Å². The Morgan fingerprint density at radius 1 is 1.18 bits per heavy atom. The number of hydrogen-bond acceptors (Lipinski definition) is 6. The number of hydrogen-bond donors (Lipinski definition) is 1. The number of likely N-dealkylation sites (tertiary alicyclic amines) is 1. The van der Waals surface area contributed by atoms with E-state index in [-0.39, 0.29) is 29.9 Å². The van der Waals surface area contributed by atoms with Crippen LogP contribution in [-0.4, -0.2) is 79.7 Å². The number of rotatable bonds is 8. The first-order valence-corrected chi connectivity index (χ1v) is 12.2. The third-order valence-corrected chi connectivity index (χ3v) is 7.37. The molecule has 0 unspecified atom stereocenters. The Bertz CT molecular complexity index is 923. The zero-order valence-corrected chi connectivity index (χ0v) is 20.3. The minimum atomic E-state index is -0.909. The minimum Gasteiger partial charge on any atom is -0.493 e. The van der Waals surface area contributed by atoms with Gasteiger partial charge >= 0.3 is 6.03 Å². The monoisotopic (exact) mass is 473 g/mol. The van der Waals surface area contributed by atoms with Crippen LogP contribution in [0.15, 0.2) is 18.2 Å². The Balaban J connectivity index is 1.47. The van der Waals surface area contributed by atoms with Crippen molar-refractivity contribution in [2.24, 2.45) is 5.92 Å². The number of urea groups is 1. The number of carbonyl (C=O) groups excluding carboxylic acids is 3. The van der Waals surface area contributed by atoms with Crippen LogP contribution in [0.4, 0.5) is 4.79 Å². The van der Waals surface area contributed by atoms with Crippen LogP contribution in [-0.2, 0) is 9.53 Å². The van der Waals surface area contributed by atoms with Crippen molar-refractivity contribution >= 4 is 17.8 Å². The van der Waals surface area contributed by atoms with E-state index in [9.17, 15) is 14.4 Å².